The minimum atomic E-state index is -0.586. The van der Waals surface area contributed by atoms with E-state index in [9.17, 15) is 14.0 Å². The highest BCUT2D eigenvalue weighted by Crippen LogP contribution is 2.28. The number of benzene rings is 2. The molecule has 1 aliphatic rings. The van der Waals surface area contributed by atoms with Crippen LogP contribution in [-0.4, -0.2) is 45.8 Å². The first-order valence-electron chi connectivity index (χ1n) is 9.98. The van der Waals surface area contributed by atoms with Crippen LogP contribution in [0.15, 0.2) is 47.3 Å². The summed E-state index contributed by atoms with van der Waals surface area (Å²) in [6.07, 6.45) is 1.25. The molecule has 2 aromatic carbocycles. The Balaban J connectivity index is 1.46. The molecule has 31 heavy (non-hydrogen) atoms. The van der Waals surface area contributed by atoms with E-state index >= 15 is 0 Å². The highest BCUT2D eigenvalue weighted by atomic mass is 35.5. The molecule has 1 saturated heterocycles. The number of hydrogen-bond donors (Lipinski definition) is 1. The molecule has 1 amide bonds. The number of likely N-dealkylation sites (tertiary alicyclic amines) is 1. The summed E-state index contributed by atoms with van der Waals surface area (Å²) in [5.74, 6) is 0.470. The molecule has 3 aromatic rings. The smallest absolute Gasteiger partial charge is 0.343 e. The molecule has 1 aromatic heterocycles. The number of amides is 1. The third-order valence-corrected chi connectivity index (χ3v) is 5.83. The van der Waals surface area contributed by atoms with Crippen LogP contribution >= 0.6 is 11.6 Å². The van der Waals surface area contributed by atoms with Crippen LogP contribution < -0.4 is 10.4 Å². The Labute approximate surface area is 183 Å². The van der Waals surface area contributed by atoms with E-state index in [1.165, 1.54) is 18.2 Å². The van der Waals surface area contributed by atoms with Crippen molar-refractivity contribution in [2.45, 2.75) is 25.3 Å². The van der Waals surface area contributed by atoms with Crippen molar-refractivity contribution in [2.24, 2.45) is 0 Å². The predicted octanol–water partition coefficient (Wildman–Crippen LogP) is 3.44. The van der Waals surface area contributed by atoms with Gasteiger partial charge in [0.15, 0.2) is 0 Å². The Morgan fingerprint density at radius 3 is 2.61 bits per heavy atom. The fourth-order valence-corrected chi connectivity index (χ4v) is 4.05. The molecule has 0 radical (unpaired) electrons. The lowest BCUT2D eigenvalue weighted by atomic mass is 9.95. The standard InChI is InChI=1S/C22H22ClFN4O3/c1-31-17-5-2-14(3-6-17)13-28-20(25-26-22(28)30)15-8-10-27(11-9-15)21(29)18-12-16(23)4-7-19(18)24/h2-7,12,15H,8-11,13H2,1H3,(H,26,30). The number of piperidine rings is 1. The molecule has 162 valence electrons. The second-order valence-electron chi connectivity index (χ2n) is 7.51. The van der Waals surface area contributed by atoms with Crippen molar-refractivity contribution in [1.82, 2.24) is 19.7 Å². The van der Waals surface area contributed by atoms with Crippen molar-refractivity contribution in [3.63, 3.8) is 0 Å². The number of aromatic amines is 1. The van der Waals surface area contributed by atoms with E-state index in [0.29, 0.717) is 43.3 Å². The van der Waals surface area contributed by atoms with Gasteiger partial charge in [-0.15, -0.1) is 0 Å². The van der Waals surface area contributed by atoms with Gasteiger partial charge in [0, 0.05) is 24.0 Å². The van der Waals surface area contributed by atoms with Gasteiger partial charge in [-0.1, -0.05) is 23.7 Å². The average molecular weight is 445 g/mol. The van der Waals surface area contributed by atoms with Gasteiger partial charge in [-0.25, -0.2) is 14.3 Å². The number of carbonyl (C=O) groups is 1. The van der Waals surface area contributed by atoms with Crippen LogP contribution in [0.1, 0.15) is 40.5 Å². The van der Waals surface area contributed by atoms with E-state index in [0.717, 1.165) is 11.3 Å². The van der Waals surface area contributed by atoms with Gasteiger partial charge in [0.05, 0.1) is 19.2 Å². The maximum atomic E-state index is 14.1. The van der Waals surface area contributed by atoms with Gasteiger partial charge in [-0.3, -0.25) is 9.36 Å². The van der Waals surface area contributed by atoms with Crippen LogP contribution in [0.25, 0.3) is 0 Å². The first-order chi connectivity index (χ1) is 15.0. The number of nitrogens with one attached hydrogen (secondary N) is 1. The monoisotopic (exact) mass is 444 g/mol. The van der Waals surface area contributed by atoms with E-state index in [2.05, 4.69) is 10.2 Å². The number of H-pyrrole nitrogens is 1. The van der Waals surface area contributed by atoms with Crippen molar-refractivity contribution >= 4 is 17.5 Å². The highest BCUT2D eigenvalue weighted by molar-refractivity contribution is 6.31. The second kappa shape index (κ2) is 8.93. The van der Waals surface area contributed by atoms with Crippen molar-refractivity contribution < 1.29 is 13.9 Å². The fourth-order valence-electron chi connectivity index (χ4n) is 3.88. The van der Waals surface area contributed by atoms with E-state index in [1.54, 1.807) is 16.6 Å². The lowest BCUT2D eigenvalue weighted by Crippen LogP contribution is -2.39. The lowest BCUT2D eigenvalue weighted by Gasteiger charge is -2.31. The largest absolute Gasteiger partial charge is 0.497 e. The third kappa shape index (κ3) is 4.49. The van der Waals surface area contributed by atoms with Crippen LogP contribution in [-0.2, 0) is 6.54 Å². The van der Waals surface area contributed by atoms with Gasteiger partial charge >= 0.3 is 5.69 Å². The van der Waals surface area contributed by atoms with Crippen molar-refractivity contribution in [3.8, 4) is 5.75 Å². The molecule has 7 nitrogen and oxygen atoms in total. The molecule has 0 atom stereocenters. The summed E-state index contributed by atoms with van der Waals surface area (Å²) in [7, 11) is 1.60. The Bertz CT molecular complexity index is 1130. The Morgan fingerprint density at radius 1 is 1.23 bits per heavy atom. The molecule has 2 heterocycles. The third-order valence-electron chi connectivity index (χ3n) is 5.59. The van der Waals surface area contributed by atoms with Crippen LogP contribution in [0.5, 0.6) is 5.75 Å². The number of methoxy groups -OCH3 is 1. The van der Waals surface area contributed by atoms with Crippen LogP contribution in [0.2, 0.25) is 5.02 Å². The van der Waals surface area contributed by atoms with E-state index in [4.69, 9.17) is 16.3 Å². The van der Waals surface area contributed by atoms with Gasteiger partial charge < -0.3 is 9.64 Å². The van der Waals surface area contributed by atoms with Crippen molar-refractivity contribution in [3.05, 3.63) is 80.7 Å². The number of rotatable bonds is 5. The van der Waals surface area contributed by atoms with Crippen molar-refractivity contribution in [2.75, 3.05) is 20.2 Å². The van der Waals surface area contributed by atoms with Gasteiger partial charge in [-0.05, 0) is 48.7 Å². The van der Waals surface area contributed by atoms with E-state index < -0.39 is 5.82 Å². The molecule has 4 rings (SSSR count). The Kier molecular flexibility index (Phi) is 6.08. The number of halogens is 2. The molecule has 0 spiro atoms. The average Bonchev–Trinajstić information content (AvgIpc) is 3.15. The van der Waals surface area contributed by atoms with Gasteiger partial charge in [0.1, 0.15) is 17.4 Å². The zero-order chi connectivity index (χ0) is 22.0. The number of aromatic nitrogens is 3. The van der Waals surface area contributed by atoms with Gasteiger partial charge in [-0.2, -0.15) is 5.10 Å². The van der Waals surface area contributed by atoms with Gasteiger partial charge in [0.25, 0.3) is 5.91 Å². The zero-order valence-corrected chi connectivity index (χ0v) is 17.7. The molecule has 0 aliphatic carbocycles. The molecule has 1 fully saturated rings. The lowest BCUT2D eigenvalue weighted by molar-refractivity contribution is 0.0705. The number of ether oxygens (including phenoxy) is 1. The van der Waals surface area contributed by atoms with Crippen LogP contribution in [0, 0.1) is 5.82 Å². The van der Waals surface area contributed by atoms with Crippen LogP contribution in [0.3, 0.4) is 0 Å². The van der Waals surface area contributed by atoms with Crippen molar-refractivity contribution in [1.29, 1.82) is 0 Å². The molecule has 1 N–H and O–H groups in total. The normalized spacial score (nSPS) is 14.6. The number of carbonyl (C=O) groups excluding carboxylic acids is 1. The first-order valence-corrected chi connectivity index (χ1v) is 10.4. The second-order valence-corrected chi connectivity index (χ2v) is 7.95. The molecule has 0 bridgehead atoms. The molecule has 1 aliphatic heterocycles. The van der Waals surface area contributed by atoms with E-state index in [1.807, 2.05) is 24.3 Å². The summed E-state index contributed by atoms with van der Waals surface area (Å²) in [5.41, 5.74) is 0.655. The summed E-state index contributed by atoms with van der Waals surface area (Å²) in [4.78, 5) is 26.7. The fraction of sp³-hybridized carbons (Fsp3) is 0.318. The number of hydrogen-bond acceptors (Lipinski definition) is 4. The number of nitrogens with zero attached hydrogens (tertiary/aromatic N) is 3. The molecule has 0 saturated carbocycles. The minimum Gasteiger partial charge on any atom is -0.497 e. The zero-order valence-electron chi connectivity index (χ0n) is 17.0. The molecular formula is C22H22ClFN4O3. The molecular weight excluding hydrogens is 423 g/mol. The summed E-state index contributed by atoms with van der Waals surface area (Å²) < 4.78 is 20.9. The van der Waals surface area contributed by atoms with Gasteiger partial charge in [0.2, 0.25) is 0 Å². The SMILES string of the molecule is COc1ccc(Cn2c(C3CCN(C(=O)c4cc(Cl)ccc4F)CC3)n[nH]c2=O)cc1. The molecule has 9 heteroatoms. The predicted molar refractivity (Wildman–Crippen MR) is 114 cm³/mol. The highest BCUT2D eigenvalue weighted by Gasteiger charge is 2.29. The maximum absolute atomic E-state index is 14.1. The summed E-state index contributed by atoms with van der Waals surface area (Å²) in [6, 6.07) is 11.5. The van der Waals surface area contributed by atoms with E-state index in [-0.39, 0.29) is 23.1 Å². The Hall–Kier alpha value is -3.13. The minimum absolute atomic E-state index is 0.0189. The first kappa shape index (κ1) is 21.1. The summed E-state index contributed by atoms with van der Waals surface area (Å²) in [5, 5.41) is 7.10. The summed E-state index contributed by atoms with van der Waals surface area (Å²) >= 11 is 5.92. The molecule has 0 unspecified atom stereocenters. The Morgan fingerprint density at radius 2 is 1.94 bits per heavy atom. The summed E-state index contributed by atoms with van der Waals surface area (Å²) in [6.45, 7) is 1.28. The topological polar surface area (TPSA) is 80.2 Å². The maximum Gasteiger partial charge on any atom is 0.343 e. The quantitative estimate of drug-likeness (QED) is 0.653. The van der Waals surface area contributed by atoms with Crippen LogP contribution in [0.4, 0.5) is 4.39 Å².